The zero-order valence-corrected chi connectivity index (χ0v) is 10.5. The van der Waals surface area contributed by atoms with Crippen molar-refractivity contribution in [3.8, 4) is 11.4 Å². The van der Waals surface area contributed by atoms with Gasteiger partial charge in [-0.3, -0.25) is 5.43 Å². The summed E-state index contributed by atoms with van der Waals surface area (Å²) in [4.78, 5) is 4.48. The molecule has 1 saturated heterocycles. The minimum Gasteiger partial charge on any atom is -0.337 e. The third kappa shape index (κ3) is 2.02. The van der Waals surface area contributed by atoms with Gasteiger partial charge in [-0.15, -0.1) is 0 Å². The van der Waals surface area contributed by atoms with Crippen LogP contribution in [0.3, 0.4) is 0 Å². The largest absolute Gasteiger partial charge is 0.337 e. The maximum absolute atomic E-state index is 5.34. The van der Waals surface area contributed by atoms with Gasteiger partial charge in [0.15, 0.2) is 0 Å². The van der Waals surface area contributed by atoms with E-state index in [-0.39, 0.29) is 6.04 Å². The molecule has 2 N–H and O–H groups in total. The Bertz CT molecular complexity index is 551. The van der Waals surface area contributed by atoms with Crippen LogP contribution in [0.15, 0.2) is 28.8 Å². The van der Waals surface area contributed by atoms with Crippen molar-refractivity contribution in [2.75, 3.05) is 0 Å². The molecule has 2 heterocycles. The third-order valence-corrected chi connectivity index (χ3v) is 3.22. The van der Waals surface area contributed by atoms with Crippen LogP contribution in [0.1, 0.15) is 30.8 Å². The monoisotopic (exact) mass is 244 g/mol. The highest BCUT2D eigenvalue weighted by Crippen LogP contribution is 2.25. The Balaban J connectivity index is 1.88. The van der Waals surface area contributed by atoms with E-state index in [9.17, 15) is 0 Å². The van der Waals surface area contributed by atoms with E-state index in [1.165, 1.54) is 0 Å². The number of hydrogen-bond donors (Lipinski definition) is 2. The fraction of sp³-hybridized carbons (Fsp3) is 0.385. The fourth-order valence-corrected chi connectivity index (χ4v) is 2.19. The Hall–Kier alpha value is -1.72. The van der Waals surface area contributed by atoms with Gasteiger partial charge >= 0.3 is 0 Å². The highest BCUT2D eigenvalue weighted by atomic mass is 16.5. The molecule has 0 bridgehead atoms. The van der Waals surface area contributed by atoms with Gasteiger partial charge in [0.1, 0.15) is 6.04 Å². The van der Waals surface area contributed by atoms with Gasteiger partial charge in [-0.2, -0.15) is 4.98 Å². The fourth-order valence-electron chi connectivity index (χ4n) is 2.19. The second kappa shape index (κ2) is 4.51. The van der Waals surface area contributed by atoms with Crippen LogP contribution in [0.5, 0.6) is 0 Å². The van der Waals surface area contributed by atoms with Gasteiger partial charge in [-0.1, -0.05) is 29.4 Å². The third-order valence-electron chi connectivity index (χ3n) is 3.22. The predicted molar refractivity (Wildman–Crippen MR) is 67.6 cm³/mol. The molecule has 0 amide bonds. The van der Waals surface area contributed by atoms with Crippen molar-refractivity contribution >= 4 is 0 Å². The number of hydrazine groups is 1. The van der Waals surface area contributed by atoms with Gasteiger partial charge < -0.3 is 4.52 Å². The van der Waals surface area contributed by atoms with Gasteiger partial charge in [0, 0.05) is 11.6 Å². The maximum atomic E-state index is 5.34. The van der Waals surface area contributed by atoms with Crippen LogP contribution in [0.4, 0.5) is 0 Å². The molecule has 1 aromatic heterocycles. The molecule has 1 fully saturated rings. The average Bonchev–Trinajstić information content (AvgIpc) is 2.98. The highest BCUT2D eigenvalue weighted by molar-refractivity contribution is 5.58. The minimum absolute atomic E-state index is 0.102. The number of hydrogen-bond acceptors (Lipinski definition) is 5. The Kier molecular flexibility index (Phi) is 2.85. The first kappa shape index (κ1) is 11.4. The number of benzene rings is 1. The van der Waals surface area contributed by atoms with E-state index in [4.69, 9.17) is 4.52 Å². The molecule has 5 nitrogen and oxygen atoms in total. The molecule has 2 aromatic rings. The first-order chi connectivity index (χ1) is 8.74. The Morgan fingerprint density at radius 2 is 2.11 bits per heavy atom. The summed E-state index contributed by atoms with van der Waals surface area (Å²) in [6.07, 6.45) is 0.954. The van der Waals surface area contributed by atoms with Crippen molar-refractivity contribution in [1.29, 1.82) is 0 Å². The zero-order valence-electron chi connectivity index (χ0n) is 10.5. The lowest BCUT2D eigenvalue weighted by atomic mass is 10.1. The molecule has 1 aliphatic rings. The number of nitrogens with one attached hydrogen (secondary N) is 2. The van der Waals surface area contributed by atoms with Crippen molar-refractivity contribution in [2.24, 2.45) is 0 Å². The van der Waals surface area contributed by atoms with E-state index in [2.05, 4.69) is 27.9 Å². The lowest BCUT2D eigenvalue weighted by Gasteiger charge is -2.01. The SMILES string of the molecule is Cc1ccccc1-c1noc(C2CC(C)NN2)n1. The first-order valence-electron chi connectivity index (χ1n) is 6.14. The number of rotatable bonds is 2. The van der Waals surface area contributed by atoms with E-state index in [1.807, 2.05) is 31.2 Å². The van der Waals surface area contributed by atoms with Crippen LogP contribution >= 0.6 is 0 Å². The lowest BCUT2D eigenvalue weighted by molar-refractivity contribution is 0.340. The molecular formula is C13H16N4O. The standard InChI is InChI=1S/C13H16N4O/c1-8-5-3-4-6-10(8)12-14-13(18-17-12)11-7-9(2)15-16-11/h3-6,9,11,15-16H,7H2,1-2H3. The van der Waals surface area contributed by atoms with E-state index in [0.717, 1.165) is 17.5 Å². The summed E-state index contributed by atoms with van der Waals surface area (Å²) in [6, 6.07) is 8.56. The van der Waals surface area contributed by atoms with E-state index in [1.54, 1.807) is 0 Å². The Labute approximate surface area is 106 Å². The molecule has 0 aliphatic carbocycles. The number of aromatic nitrogens is 2. The van der Waals surface area contributed by atoms with Crippen LogP contribution in [-0.4, -0.2) is 16.2 Å². The molecule has 3 rings (SSSR count). The Morgan fingerprint density at radius 3 is 2.83 bits per heavy atom. The second-order valence-corrected chi connectivity index (χ2v) is 4.75. The summed E-state index contributed by atoms with van der Waals surface area (Å²) in [6.45, 7) is 4.16. The van der Waals surface area contributed by atoms with Crippen LogP contribution < -0.4 is 10.9 Å². The first-order valence-corrected chi connectivity index (χ1v) is 6.14. The predicted octanol–water partition coefficient (Wildman–Crippen LogP) is 1.97. The quantitative estimate of drug-likeness (QED) is 0.845. The van der Waals surface area contributed by atoms with Gasteiger partial charge in [-0.05, 0) is 25.8 Å². The van der Waals surface area contributed by atoms with Crippen LogP contribution in [0.2, 0.25) is 0 Å². The van der Waals surface area contributed by atoms with Crippen molar-refractivity contribution in [2.45, 2.75) is 32.4 Å². The molecule has 5 heteroatoms. The highest BCUT2D eigenvalue weighted by Gasteiger charge is 2.26. The van der Waals surface area contributed by atoms with Gasteiger partial charge in [0.2, 0.25) is 11.7 Å². The van der Waals surface area contributed by atoms with Crippen molar-refractivity contribution in [3.63, 3.8) is 0 Å². The van der Waals surface area contributed by atoms with E-state index >= 15 is 0 Å². The summed E-state index contributed by atoms with van der Waals surface area (Å²) >= 11 is 0. The van der Waals surface area contributed by atoms with Gasteiger partial charge in [0.05, 0.1) is 0 Å². The molecular weight excluding hydrogens is 228 g/mol. The molecule has 1 aliphatic heterocycles. The smallest absolute Gasteiger partial charge is 0.245 e. The molecule has 1 aromatic carbocycles. The van der Waals surface area contributed by atoms with E-state index in [0.29, 0.717) is 17.8 Å². The van der Waals surface area contributed by atoms with Crippen LogP contribution in [-0.2, 0) is 0 Å². The zero-order chi connectivity index (χ0) is 12.5. The second-order valence-electron chi connectivity index (χ2n) is 4.75. The molecule has 2 unspecified atom stereocenters. The molecule has 2 atom stereocenters. The summed E-state index contributed by atoms with van der Waals surface area (Å²) in [5, 5.41) is 4.06. The Morgan fingerprint density at radius 1 is 1.28 bits per heavy atom. The molecule has 94 valence electrons. The summed E-state index contributed by atoms with van der Waals surface area (Å²) < 4.78 is 5.34. The lowest BCUT2D eigenvalue weighted by Crippen LogP contribution is -2.28. The van der Waals surface area contributed by atoms with E-state index < -0.39 is 0 Å². The van der Waals surface area contributed by atoms with Crippen LogP contribution in [0.25, 0.3) is 11.4 Å². The van der Waals surface area contributed by atoms with Gasteiger partial charge in [0.25, 0.3) is 0 Å². The van der Waals surface area contributed by atoms with Gasteiger partial charge in [-0.25, -0.2) is 5.43 Å². The summed E-state index contributed by atoms with van der Waals surface area (Å²) in [5.74, 6) is 1.30. The normalized spacial score (nSPS) is 23.4. The molecule has 0 saturated carbocycles. The topological polar surface area (TPSA) is 63.0 Å². The summed E-state index contributed by atoms with van der Waals surface area (Å²) in [7, 11) is 0. The number of nitrogens with zero attached hydrogens (tertiary/aromatic N) is 2. The number of aryl methyl sites for hydroxylation is 1. The van der Waals surface area contributed by atoms with Crippen molar-refractivity contribution in [3.05, 3.63) is 35.7 Å². The maximum Gasteiger partial charge on any atom is 0.245 e. The molecule has 0 spiro atoms. The van der Waals surface area contributed by atoms with Crippen molar-refractivity contribution < 1.29 is 4.52 Å². The van der Waals surface area contributed by atoms with Crippen molar-refractivity contribution in [1.82, 2.24) is 21.0 Å². The molecule has 18 heavy (non-hydrogen) atoms. The summed E-state index contributed by atoms with van der Waals surface area (Å²) in [5.41, 5.74) is 8.48. The van der Waals surface area contributed by atoms with Crippen LogP contribution in [0, 0.1) is 6.92 Å². The average molecular weight is 244 g/mol. The molecule has 0 radical (unpaired) electrons. The minimum atomic E-state index is 0.102.